The van der Waals surface area contributed by atoms with Gasteiger partial charge in [0.05, 0.1) is 11.3 Å². The molecule has 0 unspecified atom stereocenters. The molecule has 0 aliphatic carbocycles. The van der Waals surface area contributed by atoms with E-state index in [-0.39, 0.29) is 34.0 Å². The van der Waals surface area contributed by atoms with Crippen molar-refractivity contribution in [3.05, 3.63) is 65.1 Å². The molecule has 6 nitrogen and oxygen atoms in total. The molecule has 4 rings (SSSR count). The number of carbonyl (C=O) groups excluding carboxylic acids is 1. The summed E-state index contributed by atoms with van der Waals surface area (Å²) in [6.07, 6.45) is 1.81. The fourth-order valence-corrected chi connectivity index (χ4v) is 3.79. The van der Waals surface area contributed by atoms with E-state index in [0.717, 1.165) is 28.2 Å². The number of nitrogens with one attached hydrogen (secondary N) is 1. The second kappa shape index (κ2) is 8.26. The van der Waals surface area contributed by atoms with Crippen molar-refractivity contribution >= 4 is 40.2 Å². The van der Waals surface area contributed by atoms with Gasteiger partial charge in [0.1, 0.15) is 5.82 Å². The number of amides is 1. The molecule has 29 heavy (non-hydrogen) atoms. The highest BCUT2D eigenvalue weighted by Crippen LogP contribution is 2.29. The minimum Gasteiger partial charge on any atom is -0.411 e. The molecule has 1 amide bonds. The van der Waals surface area contributed by atoms with Crippen LogP contribution >= 0.6 is 23.4 Å². The Balaban J connectivity index is 1.40. The molecule has 2 heterocycles. The van der Waals surface area contributed by atoms with Crippen molar-refractivity contribution in [2.45, 2.75) is 11.8 Å². The van der Waals surface area contributed by atoms with Crippen molar-refractivity contribution in [2.24, 2.45) is 0 Å². The van der Waals surface area contributed by atoms with Crippen LogP contribution in [0.25, 0.3) is 22.4 Å². The van der Waals surface area contributed by atoms with Gasteiger partial charge in [-0.15, -0.1) is 10.2 Å². The van der Waals surface area contributed by atoms with Gasteiger partial charge in [0.25, 0.3) is 11.1 Å². The molecule has 4 aromatic rings. The molecular formula is C20H16ClFN4O2S. The zero-order valence-corrected chi connectivity index (χ0v) is 16.9. The summed E-state index contributed by atoms with van der Waals surface area (Å²) in [4.78, 5) is 17.0. The number of aromatic nitrogens is 3. The maximum atomic E-state index is 13.9. The van der Waals surface area contributed by atoms with Crippen LogP contribution in [0.1, 0.15) is 5.56 Å². The van der Waals surface area contributed by atoms with E-state index in [1.54, 1.807) is 13.1 Å². The Hall–Kier alpha value is -2.84. The van der Waals surface area contributed by atoms with Gasteiger partial charge < -0.3 is 14.3 Å². The predicted molar refractivity (Wildman–Crippen MR) is 110 cm³/mol. The van der Waals surface area contributed by atoms with Gasteiger partial charge in [0.15, 0.2) is 0 Å². The van der Waals surface area contributed by atoms with Gasteiger partial charge in [-0.05, 0) is 18.2 Å². The first-order valence-electron chi connectivity index (χ1n) is 8.72. The highest BCUT2D eigenvalue weighted by atomic mass is 35.5. The molecular weight excluding hydrogens is 415 g/mol. The summed E-state index contributed by atoms with van der Waals surface area (Å²) in [5.41, 5.74) is 2.06. The Bertz CT molecular complexity index is 1160. The van der Waals surface area contributed by atoms with Crippen LogP contribution in [-0.2, 0) is 11.3 Å². The Morgan fingerprint density at radius 2 is 2.07 bits per heavy atom. The molecule has 2 aromatic carbocycles. The summed E-state index contributed by atoms with van der Waals surface area (Å²) in [5, 5.41) is 9.63. The van der Waals surface area contributed by atoms with Crippen LogP contribution in [0.2, 0.25) is 5.02 Å². The average Bonchev–Trinajstić information content (AvgIpc) is 3.35. The first-order valence-corrected chi connectivity index (χ1v) is 10.1. The molecule has 0 aliphatic heterocycles. The molecule has 0 fully saturated rings. The highest BCUT2D eigenvalue weighted by Gasteiger charge is 2.17. The minimum atomic E-state index is -0.440. The SMILES string of the molecule is CN(Cc1c(F)cccc1Cl)C(=O)CSc1nnc(-c2c[nH]c3ccccc23)o1. The van der Waals surface area contributed by atoms with Crippen LogP contribution in [0.15, 0.2) is 58.3 Å². The van der Waals surface area contributed by atoms with Crippen molar-refractivity contribution in [1.29, 1.82) is 0 Å². The molecule has 0 saturated carbocycles. The maximum Gasteiger partial charge on any atom is 0.277 e. The number of thioether (sulfide) groups is 1. The van der Waals surface area contributed by atoms with Crippen molar-refractivity contribution < 1.29 is 13.6 Å². The largest absolute Gasteiger partial charge is 0.411 e. The molecule has 0 spiro atoms. The Morgan fingerprint density at radius 1 is 1.24 bits per heavy atom. The van der Waals surface area contributed by atoms with Gasteiger partial charge in [0.2, 0.25) is 5.91 Å². The molecule has 9 heteroatoms. The number of halogens is 2. The van der Waals surface area contributed by atoms with E-state index in [2.05, 4.69) is 15.2 Å². The number of benzene rings is 2. The zero-order valence-electron chi connectivity index (χ0n) is 15.4. The molecule has 148 valence electrons. The van der Waals surface area contributed by atoms with Crippen LogP contribution < -0.4 is 0 Å². The maximum absolute atomic E-state index is 13.9. The third-order valence-corrected chi connectivity index (χ3v) is 5.59. The first kappa shape index (κ1) is 19.5. The summed E-state index contributed by atoms with van der Waals surface area (Å²) in [6, 6.07) is 12.2. The van der Waals surface area contributed by atoms with E-state index in [9.17, 15) is 9.18 Å². The van der Waals surface area contributed by atoms with Crippen LogP contribution in [-0.4, -0.2) is 38.8 Å². The lowest BCUT2D eigenvalue weighted by atomic mass is 10.2. The molecule has 0 aliphatic rings. The number of aromatic amines is 1. The van der Waals surface area contributed by atoms with E-state index in [1.807, 2.05) is 30.5 Å². The monoisotopic (exact) mass is 430 g/mol. The molecule has 0 atom stereocenters. The van der Waals surface area contributed by atoms with Crippen LogP contribution in [0.3, 0.4) is 0 Å². The first-order chi connectivity index (χ1) is 14.0. The van der Waals surface area contributed by atoms with E-state index < -0.39 is 5.82 Å². The Morgan fingerprint density at radius 3 is 2.90 bits per heavy atom. The van der Waals surface area contributed by atoms with Gasteiger partial charge in [-0.1, -0.05) is 47.6 Å². The van der Waals surface area contributed by atoms with Gasteiger partial charge in [-0.2, -0.15) is 0 Å². The van der Waals surface area contributed by atoms with E-state index in [4.69, 9.17) is 16.0 Å². The number of H-pyrrole nitrogens is 1. The average molecular weight is 431 g/mol. The number of nitrogens with zero attached hydrogens (tertiary/aromatic N) is 3. The Kier molecular flexibility index (Phi) is 5.55. The lowest BCUT2D eigenvalue weighted by Gasteiger charge is -2.17. The van der Waals surface area contributed by atoms with Gasteiger partial charge in [-0.3, -0.25) is 4.79 Å². The molecule has 1 N–H and O–H groups in total. The number of para-hydroxylation sites is 1. The molecule has 0 bridgehead atoms. The van der Waals surface area contributed by atoms with E-state index >= 15 is 0 Å². The van der Waals surface area contributed by atoms with Crippen LogP contribution in [0.5, 0.6) is 0 Å². The topological polar surface area (TPSA) is 75.0 Å². The van der Waals surface area contributed by atoms with Crippen molar-refractivity contribution in [3.63, 3.8) is 0 Å². The summed E-state index contributed by atoms with van der Waals surface area (Å²) in [7, 11) is 1.59. The number of hydrogen-bond donors (Lipinski definition) is 1. The highest BCUT2D eigenvalue weighted by molar-refractivity contribution is 7.99. The predicted octanol–water partition coefficient (Wildman–Crippen LogP) is 4.76. The van der Waals surface area contributed by atoms with Gasteiger partial charge >= 0.3 is 0 Å². The summed E-state index contributed by atoms with van der Waals surface area (Å²) < 4.78 is 19.6. The summed E-state index contributed by atoms with van der Waals surface area (Å²) in [6.45, 7) is 0.0787. The van der Waals surface area contributed by atoms with E-state index in [1.165, 1.54) is 17.0 Å². The molecule has 2 aromatic heterocycles. The van der Waals surface area contributed by atoms with Crippen molar-refractivity contribution in [1.82, 2.24) is 20.1 Å². The third-order valence-electron chi connectivity index (χ3n) is 4.43. The zero-order chi connectivity index (χ0) is 20.4. The smallest absolute Gasteiger partial charge is 0.277 e. The number of hydrogen-bond acceptors (Lipinski definition) is 5. The molecule has 0 saturated heterocycles. The Labute approximate surface area is 175 Å². The minimum absolute atomic E-state index is 0.0787. The fraction of sp³-hybridized carbons (Fsp3) is 0.150. The van der Waals surface area contributed by atoms with Crippen LogP contribution in [0.4, 0.5) is 4.39 Å². The third kappa shape index (κ3) is 4.13. The second-order valence-corrected chi connectivity index (χ2v) is 7.69. The number of rotatable bonds is 6. The fourth-order valence-electron chi connectivity index (χ4n) is 2.87. The number of fused-ring (bicyclic) bond motifs is 1. The summed E-state index contributed by atoms with van der Waals surface area (Å²) >= 11 is 7.16. The van der Waals surface area contributed by atoms with Gasteiger partial charge in [0, 0.05) is 41.3 Å². The van der Waals surface area contributed by atoms with Crippen molar-refractivity contribution in [2.75, 3.05) is 12.8 Å². The number of carbonyl (C=O) groups is 1. The van der Waals surface area contributed by atoms with E-state index in [0.29, 0.717) is 5.89 Å². The quantitative estimate of drug-likeness (QED) is 0.446. The van der Waals surface area contributed by atoms with Crippen LogP contribution in [0, 0.1) is 5.82 Å². The standard InChI is InChI=1S/C20H16ClFN4O2S/c1-26(10-14-15(21)6-4-7-16(14)22)18(27)11-29-20-25-24-19(28-20)13-9-23-17-8-3-2-5-12(13)17/h2-9,23H,10-11H2,1H3. The molecule has 0 radical (unpaired) electrons. The van der Waals surface area contributed by atoms with Gasteiger partial charge in [-0.25, -0.2) is 4.39 Å². The summed E-state index contributed by atoms with van der Waals surface area (Å²) in [5.74, 6) is -0.187. The normalized spacial score (nSPS) is 11.1. The second-order valence-electron chi connectivity index (χ2n) is 6.36. The lowest BCUT2D eigenvalue weighted by Crippen LogP contribution is -2.28. The van der Waals surface area contributed by atoms with Crippen molar-refractivity contribution in [3.8, 4) is 11.5 Å². The lowest BCUT2D eigenvalue weighted by molar-refractivity contribution is -0.127.